The molecule has 7 nitrogen and oxygen atoms in total. The zero-order chi connectivity index (χ0) is 24.3. The first kappa shape index (κ1) is 24.7. The first-order valence-electron chi connectivity index (χ1n) is 11.0. The number of benzene rings is 2. The van der Waals surface area contributed by atoms with Crippen LogP contribution < -0.4 is 5.32 Å². The molecule has 2 heterocycles. The van der Waals surface area contributed by atoms with Gasteiger partial charge in [0.2, 0.25) is 15.9 Å². The van der Waals surface area contributed by atoms with Gasteiger partial charge in [0.15, 0.2) is 0 Å². The molecule has 1 saturated heterocycles. The van der Waals surface area contributed by atoms with Crippen LogP contribution in [-0.4, -0.2) is 41.3 Å². The van der Waals surface area contributed by atoms with Crippen LogP contribution in [0.4, 0.5) is 0 Å². The molecule has 1 aliphatic heterocycles. The van der Waals surface area contributed by atoms with Crippen LogP contribution in [0.1, 0.15) is 29.8 Å². The van der Waals surface area contributed by atoms with Gasteiger partial charge in [0.05, 0.1) is 17.4 Å². The number of hydrogen-bond acceptors (Lipinski definition) is 4. The molecular weight excluding hydrogens is 495 g/mol. The molecule has 1 fully saturated rings. The molecular formula is C24H26Cl2N4O3S. The highest BCUT2D eigenvalue weighted by Gasteiger charge is 2.32. The fraction of sp³-hybridized carbons (Fsp3) is 0.333. The summed E-state index contributed by atoms with van der Waals surface area (Å²) in [5.74, 6) is 0.0650. The van der Waals surface area contributed by atoms with E-state index in [2.05, 4.69) is 10.3 Å². The van der Waals surface area contributed by atoms with E-state index in [1.54, 1.807) is 18.3 Å². The standard InChI is InChI=1S/C24H26Cl2N4O3S/c1-17-27-10-12-30(17)23-7-3-2-5-18(23)14-28-24(31)19-6-4-11-29(15-19)34(32,33)16-20-8-9-21(25)13-22(20)26/h2-3,5,7-10,12-13,19H,4,6,11,14-16H2,1H3,(H,28,31). The Morgan fingerprint density at radius 2 is 1.97 bits per heavy atom. The Morgan fingerprint density at radius 1 is 1.18 bits per heavy atom. The number of para-hydroxylation sites is 1. The zero-order valence-corrected chi connectivity index (χ0v) is 21.1. The molecule has 0 saturated carbocycles. The molecule has 0 radical (unpaired) electrons. The predicted molar refractivity (Wildman–Crippen MR) is 134 cm³/mol. The van der Waals surface area contributed by atoms with Crippen molar-refractivity contribution in [3.63, 3.8) is 0 Å². The summed E-state index contributed by atoms with van der Waals surface area (Å²) in [7, 11) is -3.63. The van der Waals surface area contributed by atoms with E-state index >= 15 is 0 Å². The lowest BCUT2D eigenvalue weighted by molar-refractivity contribution is -0.126. The van der Waals surface area contributed by atoms with Crippen LogP contribution in [0.2, 0.25) is 10.0 Å². The number of aryl methyl sites for hydroxylation is 1. The average Bonchev–Trinajstić information content (AvgIpc) is 3.25. The van der Waals surface area contributed by atoms with E-state index in [0.717, 1.165) is 17.1 Å². The van der Waals surface area contributed by atoms with Gasteiger partial charge in [-0.1, -0.05) is 47.5 Å². The van der Waals surface area contributed by atoms with Gasteiger partial charge >= 0.3 is 0 Å². The summed E-state index contributed by atoms with van der Waals surface area (Å²) < 4.78 is 29.5. The summed E-state index contributed by atoms with van der Waals surface area (Å²) in [4.78, 5) is 17.2. The van der Waals surface area contributed by atoms with Crippen molar-refractivity contribution in [1.29, 1.82) is 0 Å². The molecule has 1 aromatic heterocycles. The predicted octanol–water partition coefficient (Wildman–Crippen LogP) is 4.35. The zero-order valence-electron chi connectivity index (χ0n) is 18.7. The lowest BCUT2D eigenvalue weighted by atomic mass is 9.98. The lowest BCUT2D eigenvalue weighted by Gasteiger charge is -2.31. The molecule has 1 unspecified atom stereocenters. The van der Waals surface area contributed by atoms with Crippen LogP contribution in [0.15, 0.2) is 54.9 Å². The average molecular weight is 521 g/mol. The van der Waals surface area contributed by atoms with Crippen LogP contribution >= 0.6 is 23.2 Å². The molecule has 1 amide bonds. The molecule has 4 rings (SSSR count). The van der Waals surface area contributed by atoms with E-state index in [0.29, 0.717) is 41.5 Å². The Kier molecular flexibility index (Phi) is 7.62. The highest BCUT2D eigenvalue weighted by molar-refractivity contribution is 7.88. The first-order chi connectivity index (χ1) is 16.2. The summed E-state index contributed by atoms with van der Waals surface area (Å²) in [6.07, 6.45) is 4.88. The number of hydrogen-bond donors (Lipinski definition) is 1. The third-order valence-corrected chi connectivity index (χ3v) is 8.41. The molecule has 2 aromatic carbocycles. The van der Waals surface area contributed by atoms with Crippen molar-refractivity contribution in [3.8, 4) is 5.69 Å². The van der Waals surface area contributed by atoms with Gasteiger partial charge in [0.1, 0.15) is 5.82 Å². The minimum atomic E-state index is -3.63. The van der Waals surface area contributed by atoms with Crippen LogP contribution in [0, 0.1) is 12.8 Å². The highest BCUT2D eigenvalue weighted by Crippen LogP contribution is 2.26. The number of aromatic nitrogens is 2. The van der Waals surface area contributed by atoms with E-state index in [1.807, 2.05) is 42.0 Å². The van der Waals surface area contributed by atoms with Crippen molar-refractivity contribution >= 4 is 39.1 Å². The highest BCUT2D eigenvalue weighted by atomic mass is 35.5. The molecule has 0 aliphatic carbocycles. The van der Waals surface area contributed by atoms with Gasteiger partial charge in [-0.05, 0) is 49.1 Å². The number of imidazole rings is 1. The quantitative estimate of drug-likeness (QED) is 0.501. The monoisotopic (exact) mass is 520 g/mol. The number of rotatable bonds is 7. The van der Waals surface area contributed by atoms with E-state index in [4.69, 9.17) is 23.2 Å². The topological polar surface area (TPSA) is 84.3 Å². The van der Waals surface area contributed by atoms with Crippen molar-refractivity contribution in [2.24, 2.45) is 5.92 Å². The Balaban J connectivity index is 1.41. The lowest BCUT2D eigenvalue weighted by Crippen LogP contribution is -2.45. The molecule has 0 bridgehead atoms. The van der Waals surface area contributed by atoms with Gasteiger partial charge in [-0.15, -0.1) is 0 Å². The van der Waals surface area contributed by atoms with Gasteiger partial charge < -0.3 is 9.88 Å². The van der Waals surface area contributed by atoms with Crippen molar-refractivity contribution in [2.75, 3.05) is 13.1 Å². The largest absolute Gasteiger partial charge is 0.352 e. The molecule has 3 aromatic rings. The molecule has 1 N–H and O–H groups in total. The number of piperidine rings is 1. The Hall–Kier alpha value is -2.39. The van der Waals surface area contributed by atoms with Gasteiger partial charge in [-0.2, -0.15) is 0 Å². The van der Waals surface area contributed by atoms with Crippen LogP contribution in [0.3, 0.4) is 0 Å². The molecule has 10 heteroatoms. The number of sulfonamides is 1. The maximum absolute atomic E-state index is 13.0. The third-order valence-electron chi connectivity index (χ3n) is 6.03. The van der Waals surface area contributed by atoms with Crippen molar-refractivity contribution in [3.05, 3.63) is 81.9 Å². The van der Waals surface area contributed by atoms with Crippen molar-refractivity contribution in [2.45, 2.75) is 32.1 Å². The summed E-state index contributed by atoms with van der Waals surface area (Å²) in [6.45, 7) is 2.81. The van der Waals surface area contributed by atoms with Crippen LogP contribution in [-0.2, 0) is 27.1 Å². The van der Waals surface area contributed by atoms with Crippen LogP contribution in [0.5, 0.6) is 0 Å². The maximum Gasteiger partial charge on any atom is 0.224 e. The second-order valence-electron chi connectivity index (χ2n) is 8.38. The van der Waals surface area contributed by atoms with E-state index in [1.165, 1.54) is 10.4 Å². The normalized spacial score (nSPS) is 17.0. The summed E-state index contributed by atoms with van der Waals surface area (Å²) in [5, 5.41) is 3.76. The SMILES string of the molecule is Cc1nccn1-c1ccccc1CNC(=O)C1CCCN(S(=O)(=O)Cc2ccc(Cl)cc2Cl)C1. The van der Waals surface area contributed by atoms with E-state index < -0.39 is 15.9 Å². The number of halogens is 2. The van der Waals surface area contributed by atoms with Gasteiger partial charge in [-0.3, -0.25) is 4.79 Å². The summed E-state index contributed by atoms with van der Waals surface area (Å²) in [5.41, 5.74) is 2.39. The Morgan fingerprint density at radius 3 is 2.71 bits per heavy atom. The van der Waals surface area contributed by atoms with Gasteiger partial charge in [0.25, 0.3) is 0 Å². The molecule has 1 atom stereocenters. The molecule has 1 aliphatic rings. The second-order valence-corrected chi connectivity index (χ2v) is 11.2. The molecule has 180 valence electrons. The van der Waals surface area contributed by atoms with E-state index in [-0.39, 0.29) is 18.2 Å². The Labute approximate surface area is 209 Å². The second kappa shape index (κ2) is 10.5. The smallest absolute Gasteiger partial charge is 0.224 e. The fourth-order valence-corrected chi connectivity index (χ4v) is 6.39. The first-order valence-corrected chi connectivity index (χ1v) is 13.4. The van der Waals surface area contributed by atoms with Crippen molar-refractivity contribution in [1.82, 2.24) is 19.2 Å². The third kappa shape index (κ3) is 5.63. The molecule has 0 spiro atoms. The van der Waals surface area contributed by atoms with Crippen LogP contribution in [0.25, 0.3) is 5.69 Å². The number of amides is 1. The summed E-state index contributed by atoms with van der Waals surface area (Å²) in [6, 6.07) is 12.6. The minimum Gasteiger partial charge on any atom is -0.352 e. The fourth-order valence-electron chi connectivity index (χ4n) is 4.19. The number of nitrogens with zero attached hydrogens (tertiary/aromatic N) is 3. The number of nitrogens with one attached hydrogen (secondary N) is 1. The summed E-state index contributed by atoms with van der Waals surface area (Å²) >= 11 is 12.1. The van der Waals surface area contributed by atoms with Gasteiger partial charge in [-0.25, -0.2) is 17.7 Å². The minimum absolute atomic E-state index is 0.151. The van der Waals surface area contributed by atoms with E-state index in [9.17, 15) is 13.2 Å². The maximum atomic E-state index is 13.0. The number of carbonyl (C=O) groups excluding carboxylic acids is 1. The molecule has 34 heavy (non-hydrogen) atoms. The number of carbonyl (C=O) groups is 1. The van der Waals surface area contributed by atoms with Gasteiger partial charge in [0, 0.05) is 42.1 Å². The Bertz CT molecular complexity index is 1290. The van der Waals surface area contributed by atoms with Crippen molar-refractivity contribution < 1.29 is 13.2 Å².